The van der Waals surface area contributed by atoms with Gasteiger partial charge in [0, 0.05) is 27.2 Å². The summed E-state index contributed by atoms with van der Waals surface area (Å²) in [6.45, 7) is 2.51. The standard InChI is InChI=1S/C23H26FN7O3/c1-14(12-32)31-13-25-28-21(31)19-5-4-6-20(26-19)27-22(33)17-9-16-11-30(23(34)29(2)3)8-7-15(16)10-18(17)24/h4-6,9-10,13-14,32H,7-8,11-12H2,1-3H3,(H,26,27,33)/t14-/m1/s1. The van der Waals surface area contributed by atoms with E-state index in [1.54, 1.807) is 41.8 Å². The molecule has 4 rings (SSSR count). The number of hydrogen-bond acceptors (Lipinski definition) is 6. The van der Waals surface area contributed by atoms with Crippen LogP contribution in [0.5, 0.6) is 0 Å². The van der Waals surface area contributed by atoms with Crippen LogP contribution >= 0.6 is 0 Å². The first-order valence-electron chi connectivity index (χ1n) is 10.8. The molecular weight excluding hydrogens is 441 g/mol. The highest BCUT2D eigenvalue weighted by atomic mass is 19.1. The lowest BCUT2D eigenvalue weighted by Gasteiger charge is -2.31. The molecule has 2 N–H and O–H groups in total. The zero-order valence-corrected chi connectivity index (χ0v) is 19.2. The molecule has 0 spiro atoms. The number of anilines is 1. The zero-order chi connectivity index (χ0) is 24.4. The number of carbonyl (C=O) groups is 2. The number of hydrogen-bond donors (Lipinski definition) is 2. The molecule has 1 atom stereocenters. The number of rotatable bonds is 5. The molecule has 3 heterocycles. The number of fused-ring (bicyclic) bond motifs is 1. The quantitative estimate of drug-likeness (QED) is 0.595. The molecule has 3 amide bonds. The van der Waals surface area contributed by atoms with Gasteiger partial charge in [0.1, 0.15) is 23.7 Å². The number of aliphatic hydroxyl groups is 1. The van der Waals surface area contributed by atoms with Crippen LogP contribution in [0.15, 0.2) is 36.7 Å². The number of aliphatic hydroxyl groups excluding tert-OH is 1. The van der Waals surface area contributed by atoms with E-state index in [-0.39, 0.29) is 30.1 Å². The molecule has 1 aliphatic heterocycles. The Morgan fingerprint density at radius 3 is 2.79 bits per heavy atom. The number of halogens is 1. The van der Waals surface area contributed by atoms with Gasteiger partial charge in [-0.3, -0.25) is 4.79 Å². The van der Waals surface area contributed by atoms with Crippen molar-refractivity contribution >= 4 is 17.8 Å². The van der Waals surface area contributed by atoms with E-state index < -0.39 is 11.7 Å². The van der Waals surface area contributed by atoms with Crippen LogP contribution in [-0.4, -0.2) is 73.8 Å². The molecule has 2 aromatic heterocycles. The van der Waals surface area contributed by atoms with Gasteiger partial charge in [-0.15, -0.1) is 10.2 Å². The molecule has 0 saturated carbocycles. The van der Waals surface area contributed by atoms with Crippen LogP contribution in [0.3, 0.4) is 0 Å². The number of benzene rings is 1. The van der Waals surface area contributed by atoms with E-state index in [9.17, 15) is 19.1 Å². The minimum Gasteiger partial charge on any atom is -0.394 e. The topological polar surface area (TPSA) is 116 Å². The summed E-state index contributed by atoms with van der Waals surface area (Å²) < 4.78 is 16.5. The molecule has 1 aliphatic rings. The second-order valence-electron chi connectivity index (χ2n) is 8.40. The second-order valence-corrected chi connectivity index (χ2v) is 8.40. The SMILES string of the molecule is C[C@H](CO)n1cnnc1-c1cccc(NC(=O)c2cc3c(cc2F)CCN(C(=O)N(C)C)C3)n1. The van der Waals surface area contributed by atoms with Crippen molar-refractivity contribution in [1.82, 2.24) is 29.5 Å². The maximum Gasteiger partial charge on any atom is 0.319 e. The fourth-order valence-electron chi connectivity index (χ4n) is 3.85. The minimum absolute atomic E-state index is 0.101. The maximum atomic E-state index is 14.8. The Kier molecular flexibility index (Phi) is 6.55. The van der Waals surface area contributed by atoms with E-state index in [4.69, 9.17) is 0 Å². The lowest BCUT2D eigenvalue weighted by atomic mass is 9.96. The third-order valence-corrected chi connectivity index (χ3v) is 5.73. The summed E-state index contributed by atoms with van der Waals surface area (Å²) in [6, 6.07) is 7.46. The van der Waals surface area contributed by atoms with Crippen molar-refractivity contribution in [3.63, 3.8) is 0 Å². The van der Waals surface area contributed by atoms with Gasteiger partial charge in [0.15, 0.2) is 5.82 Å². The molecule has 3 aromatic rings. The van der Waals surface area contributed by atoms with Crippen molar-refractivity contribution in [2.45, 2.75) is 25.9 Å². The summed E-state index contributed by atoms with van der Waals surface area (Å²) in [5.41, 5.74) is 1.84. The van der Waals surface area contributed by atoms with Gasteiger partial charge >= 0.3 is 6.03 Å². The first-order chi connectivity index (χ1) is 16.3. The highest BCUT2D eigenvalue weighted by Crippen LogP contribution is 2.25. The zero-order valence-electron chi connectivity index (χ0n) is 19.2. The summed E-state index contributed by atoms with van der Waals surface area (Å²) in [5.74, 6) is -0.624. The number of urea groups is 1. The summed E-state index contributed by atoms with van der Waals surface area (Å²) in [6.07, 6.45) is 2.01. The monoisotopic (exact) mass is 467 g/mol. The molecule has 34 heavy (non-hydrogen) atoms. The third-order valence-electron chi connectivity index (χ3n) is 5.73. The van der Waals surface area contributed by atoms with E-state index in [1.807, 2.05) is 6.92 Å². The van der Waals surface area contributed by atoms with Gasteiger partial charge in [-0.05, 0) is 48.7 Å². The molecule has 10 nitrogen and oxygen atoms in total. The highest BCUT2D eigenvalue weighted by molar-refractivity contribution is 6.04. The second kappa shape index (κ2) is 9.56. The van der Waals surface area contributed by atoms with E-state index in [0.29, 0.717) is 31.0 Å². The molecule has 0 saturated heterocycles. The molecule has 0 bridgehead atoms. The molecule has 0 fully saturated rings. The van der Waals surface area contributed by atoms with Gasteiger partial charge in [0.05, 0.1) is 18.2 Å². The van der Waals surface area contributed by atoms with Crippen molar-refractivity contribution < 1.29 is 19.1 Å². The number of amides is 3. The van der Waals surface area contributed by atoms with E-state index in [0.717, 1.165) is 11.1 Å². The maximum absolute atomic E-state index is 14.8. The van der Waals surface area contributed by atoms with E-state index in [1.165, 1.54) is 23.4 Å². The van der Waals surface area contributed by atoms with Gasteiger partial charge in [-0.2, -0.15) is 0 Å². The van der Waals surface area contributed by atoms with Crippen molar-refractivity contribution in [3.8, 4) is 11.5 Å². The number of pyridine rings is 1. The van der Waals surface area contributed by atoms with Gasteiger partial charge < -0.3 is 24.8 Å². The van der Waals surface area contributed by atoms with Crippen LogP contribution in [0, 0.1) is 5.82 Å². The van der Waals surface area contributed by atoms with Crippen LogP contribution in [-0.2, 0) is 13.0 Å². The molecule has 0 radical (unpaired) electrons. The van der Waals surface area contributed by atoms with E-state index >= 15 is 0 Å². The molecular formula is C23H26FN7O3. The smallest absolute Gasteiger partial charge is 0.319 e. The average Bonchev–Trinajstić information content (AvgIpc) is 3.32. The minimum atomic E-state index is -0.647. The van der Waals surface area contributed by atoms with Gasteiger partial charge in [0.2, 0.25) is 0 Å². The summed E-state index contributed by atoms with van der Waals surface area (Å²) in [5, 5.41) is 20.0. The van der Waals surface area contributed by atoms with Gasteiger partial charge in [-0.1, -0.05) is 6.07 Å². The van der Waals surface area contributed by atoms with Gasteiger partial charge in [0.25, 0.3) is 5.91 Å². The van der Waals surface area contributed by atoms with Crippen molar-refractivity contribution in [3.05, 3.63) is 59.2 Å². The summed E-state index contributed by atoms with van der Waals surface area (Å²) in [7, 11) is 3.35. The molecule has 178 valence electrons. The molecule has 1 aromatic carbocycles. The van der Waals surface area contributed by atoms with E-state index in [2.05, 4.69) is 20.5 Å². The molecule has 11 heteroatoms. The average molecular weight is 468 g/mol. The Hall–Kier alpha value is -3.86. The van der Waals surface area contributed by atoms with Crippen LogP contribution < -0.4 is 5.32 Å². The molecule has 0 aliphatic carbocycles. The molecule has 0 unspecified atom stereocenters. The number of nitrogens with zero attached hydrogens (tertiary/aromatic N) is 6. The predicted molar refractivity (Wildman–Crippen MR) is 123 cm³/mol. The van der Waals surface area contributed by atoms with Crippen LogP contribution in [0.25, 0.3) is 11.5 Å². The highest BCUT2D eigenvalue weighted by Gasteiger charge is 2.25. The van der Waals surface area contributed by atoms with Crippen LogP contribution in [0.1, 0.15) is 34.5 Å². The van der Waals surface area contributed by atoms with Crippen LogP contribution in [0.2, 0.25) is 0 Å². The normalized spacial score (nSPS) is 13.9. The van der Waals surface area contributed by atoms with Crippen molar-refractivity contribution in [2.75, 3.05) is 32.6 Å². The Morgan fingerprint density at radius 1 is 1.26 bits per heavy atom. The Bertz CT molecular complexity index is 1230. The van der Waals surface area contributed by atoms with Crippen LogP contribution in [0.4, 0.5) is 15.0 Å². The first-order valence-corrected chi connectivity index (χ1v) is 10.8. The number of aromatic nitrogens is 4. The number of carbonyl (C=O) groups excluding carboxylic acids is 2. The van der Waals surface area contributed by atoms with Crippen molar-refractivity contribution in [1.29, 1.82) is 0 Å². The van der Waals surface area contributed by atoms with Gasteiger partial charge in [-0.25, -0.2) is 14.2 Å². The third kappa shape index (κ3) is 4.60. The predicted octanol–water partition coefficient (Wildman–Crippen LogP) is 2.32. The van der Waals surface area contributed by atoms with Crippen molar-refractivity contribution in [2.24, 2.45) is 0 Å². The number of nitrogens with one attached hydrogen (secondary N) is 1. The lowest BCUT2D eigenvalue weighted by molar-refractivity contribution is 0.102. The fourth-order valence-corrected chi connectivity index (χ4v) is 3.85. The lowest BCUT2D eigenvalue weighted by Crippen LogP contribution is -2.42. The largest absolute Gasteiger partial charge is 0.394 e. The Balaban J connectivity index is 1.56. The summed E-state index contributed by atoms with van der Waals surface area (Å²) in [4.78, 5) is 32.8. The summed E-state index contributed by atoms with van der Waals surface area (Å²) >= 11 is 0. The Labute approximate surface area is 196 Å². The fraction of sp³-hybridized carbons (Fsp3) is 0.348. The Morgan fingerprint density at radius 2 is 2.06 bits per heavy atom. The first kappa shape index (κ1) is 23.3.